The van der Waals surface area contributed by atoms with Crippen molar-refractivity contribution >= 4 is 31.9 Å². The Labute approximate surface area is 164 Å². The standard InChI is InChI=1S/C19H27BrN2O3S/c1-2-26(24,25)22-13-9-17(10-14-22)21-18(23)19(11-3-4-12-19)15-5-7-16(20)8-6-15/h5-8,17H,2-4,9-14H2,1H3,(H,21,23). The summed E-state index contributed by atoms with van der Waals surface area (Å²) in [5.41, 5.74) is 0.648. The molecule has 3 rings (SSSR count). The van der Waals surface area contributed by atoms with Gasteiger partial charge in [-0.25, -0.2) is 12.7 Å². The molecule has 7 heteroatoms. The molecule has 0 bridgehead atoms. The molecular weight excluding hydrogens is 416 g/mol. The number of hydrogen-bond donors (Lipinski definition) is 1. The minimum Gasteiger partial charge on any atom is -0.352 e. The number of amides is 1. The van der Waals surface area contributed by atoms with Gasteiger partial charge in [0.2, 0.25) is 15.9 Å². The average Bonchev–Trinajstić information content (AvgIpc) is 3.14. The van der Waals surface area contributed by atoms with Crippen molar-refractivity contribution in [2.45, 2.75) is 56.9 Å². The van der Waals surface area contributed by atoms with Crippen molar-refractivity contribution in [3.8, 4) is 0 Å². The first-order valence-electron chi connectivity index (χ1n) is 9.42. The largest absolute Gasteiger partial charge is 0.352 e. The number of carbonyl (C=O) groups excluding carboxylic acids is 1. The molecule has 26 heavy (non-hydrogen) atoms. The number of halogens is 1. The molecule has 0 aromatic heterocycles. The van der Waals surface area contributed by atoms with Gasteiger partial charge in [-0.15, -0.1) is 0 Å². The monoisotopic (exact) mass is 442 g/mol. The zero-order chi connectivity index (χ0) is 18.8. The maximum atomic E-state index is 13.2. The quantitative estimate of drug-likeness (QED) is 0.760. The third kappa shape index (κ3) is 3.99. The van der Waals surface area contributed by atoms with Crippen LogP contribution in [0, 0.1) is 0 Å². The molecule has 2 aliphatic rings. The van der Waals surface area contributed by atoms with Crippen molar-refractivity contribution < 1.29 is 13.2 Å². The van der Waals surface area contributed by atoms with Crippen LogP contribution in [0.3, 0.4) is 0 Å². The highest BCUT2D eigenvalue weighted by Gasteiger charge is 2.43. The van der Waals surface area contributed by atoms with E-state index in [9.17, 15) is 13.2 Å². The van der Waals surface area contributed by atoms with Gasteiger partial charge < -0.3 is 5.32 Å². The summed E-state index contributed by atoms with van der Waals surface area (Å²) in [6.45, 7) is 2.66. The first-order valence-corrected chi connectivity index (χ1v) is 11.8. The molecule has 1 heterocycles. The molecule has 1 amide bonds. The molecule has 144 valence electrons. The van der Waals surface area contributed by atoms with Crippen LogP contribution in [-0.2, 0) is 20.2 Å². The summed E-state index contributed by atoms with van der Waals surface area (Å²) in [7, 11) is -3.13. The minimum absolute atomic E-state index is 0.0544. The predicted octanol–water partition coefficient (Wildman–Crippen LogP) is 3.19. The summed E-state index contributed by atoms with van der Waals surface area (Å²) in [5.74, 6) is 0.241. The van der Waals surface area contributed by atoms with Gasteiger partial charge in [-0.3, -0.25) is 4.79 Å². The molecule has 1 saturated carbocycles. The van der Waals surface area contributed by atoms with Crippen LogP contribution < -0.4 is 5.32 Å². The van der Waals surface area contributed by atoms with Crippen LogP contribution in [0.1, 0.15) is 51.0 Å². The van der Waals surface area contributed by atoms with Gasteiger partial charge in [0.05, 0.1) is 11.2 Å². The lowest BCUT2D eigenvalue weighted by Crippen LogP contribution is -2.51. The first kappa shape index (κ1) is 19.8. The molecular formula is C19H27BrN2O3S. The van der Waals surface area contributed by atoms with Crippen LogP contribution in [-0.4, -0.2) is 43.5 Å². The van der Waals surface area contributed by atoms with Gasteiger partial charge in [0.15, 0.2) is 0 Å². The Balaban J connectivity index is 1.68. The molecule has 1 aliphatic carbocycles. The van der Waals surface area contributed by atoms with Gasteiger partial charge in [-0.1, -0.05) is 40.9 Å². The van der Waals surface area contributed by atoms with Crippen molar-refractivity contribution in [1.29, 1.82) is 0 Å². The second-order valence-corrected chi connectivity index (χ2v) is 10.5. The van der Waals surface area contributed by atoms with Crippen LogP contribution in [0.5, 0.6) is 0 Å². The zero-order valence-corrected chi connectivity index (χ0v) is 17.6. The Hall–Kier alpha value is -0.920. The van der Waals surface area contributed by atoms with E-state index >= 15 is 0 Å². The number of piperidine rings is 1. The van der Waals surface area contributed by atoms with Crippen molar-refractivity contribution in [1.82, 2.24) is 9.62 Å². The van der Waals surface area contributed by atoms with Gasteiger partial charge >= 0.3 is 0 Å². The number of carbonyl (C=O) groups is 1. The number of hydrogen-bond acceptors (Lipinski definition) is 3. The van der Waals surface area contributed by atoms with Crippen molar-refractivity contribution in [2.24, 2.45) is 0 Å². The van der Waals surface area contributed by atoms with E-state index in [0.29, 0.717) is 25.9 Å². The SMILES string of the molecule is CCS(=O)(=O)N1CCC(NC(=O)C2(c3ccc(Br)cc3)CCCC2)CC1. The van der Waals surface area contributed by atoms with Crippen LogP contribution in [0.15, 0.2) is 28.7 Å². The van der Waals surface area contributed by atoms with E-state index in [0.717, 1.165) is 35.7 Å². The van der Waals surface area contributed by atoms with E-state index in [1.54, 1.807) is 11.2 Å². The fourth-order valence-corrected chi connectivity index (χ4v) is 5.58. The maximum absolute atomic E-state index is 13.2. The second-order valence-electron chi connectivity index (χ2n) is 7.34. The van der Waals surface area contributed by atoms with Crippen LogP contribution in [0.2, 0.25) is 0 Å². The Morgan fingerprint density at radius 3 is 2.31 bits per heavy atom. The van der Waals surface area contributed by atoms with Crippen molar-refractivity contribution in [3.05, 3.63) is 34.3 Å². The normalized spacial score (nSPS) is 21.6. The van der Waals surface area contributed by atoms with Crippen molar-refractivity contribution in [3.63, 3.8) is 0 Å². The number of nitrogens with one attached hydrogen (secondary N) is 1. The highest BCUT2D eigenvalue weighted by Crippen LogP contribution is 2.42. The Morgan fingerprint density at radius 2 is 1.77 bits per heavy atom. The molecule has 0 atom stereocenters. The van der Waals surface area contributed by atoms with Gasteiger partial charge in [0.1, 0.15) is 0 Å². The molecule has 5 nitrogen and oxygen atoms in total. The van der Waals surface area contributed by atoms with E-state index in [4.69, 9.17) is 0 Å². The summed E-state index contributed by atoms with van der Waals surface area (Å²) < 4.78 is 26.5. The van der Waals surface area contributed by atoms with Crippen molar-refractivity contribution in [2.75, 3.05) is 18.8 Å². The van der Waals surface area contributed by atoms with E-state index in [1.165, 1.54) is 0 Å². The Bertz CT molecular complexity index is 735. The number of sulfonamides is 1. The Morgan fingerprint density at radius 1 is 1.19 bits per heavy atom. The summed E-state index contributed by atoms with van der Waals surface area (Å²) in [5, 5.41) is 3.23. The highest BCUT2D eigenvalue weighted by molar-refractivity contribution is 9.10. The lowest BCUT2D eigenvalue weighted by atomic mass is 9.77. The molecule has 2 fully saturated rings. The third-order valence-corrected chi connectivity index (χ3v) is 8.25. The number of rotatable bonds is 5. The van der Waals surface area contributed by atoms with E-state index < -0.39 is 15.4 Å². The van der Waals surface area contributed by atoms with Gasteiger partial charge in [0, 0.05) is 23.6 Å². The van der Waals surface area contributed by atoms with E-state index in [1.807, 2.05) is 24.3 Å². The summed E-state index contributed by atoms with van der Waals surface area (Å²) in [6, 6.07) is 8.14. The predicted molar refractivity (Wildman–Crippen MR) is 106 cm³/mol. The summed E-state index contributed by atoms with van der Waals surface area (Å²) >= 11 is 3.46. The number of benzene rings is 1. The van der Waals surface area contributed by atoms with Gasteiger partial charge in [-0.2, -0.15) is 0 Å². The average molecular weight is 443 g/mol. The highest BCUT2D eigenvalue weighted by atomic mass is 79.9. The first-order chi connectivity index (χ1) is 12.4. The molecule has 1 aliphatic heterocycles. The summed E-state index contributed by atoms with van der Waals surface area (Å²) in [4.78, 5) is 13.2. The fourth-order valence-electron chi connectivity index (χ4n) is 4.18. The van der Waals surface area contributed by atoms with Gasteiger partial charge in [0.25, 0.3) is 0 Å². The molecule has 1 N–H and O–H groups in total. The topological polar surface area (TPSA) is 66.5 Å². The maximum Gasteiger partial charge on any atom is 0.230 e. The second kappa shape index (κ2) is 7.98. The fraction of sp³-hybridized carbons (Fsp3) is 0.632. The van der Waals surface area contributed by atoms with E-state index in [2.05, 4.69) is 21.2 Å². The lowest BCUT2D eigenvalue weighted by molar-refractivity contribution is -0.127. The molecule has 0 spiro atoms. The minimum atomic E-state index is -3.13. The molecule has 1 saturated heterocycles. The van der Waals surface area contributed by atoms with E-state index in [-0.39, 0.29) is 17.7 Å². The molecule has 1 aromatic rings. The molecule has 0 radical (unpaired) electrons. The lowest BCUT2D eigenvalue weighted by Gasteiger charge is -2.35. The zero-order valence-electron chi connectivity index (χ0n) is 15.2. The molecule has 1 aromatic carbocycles. The van der Waals surface area contributed by atoms with Gasteiger partial charge in [-0.05, 0) is 50.3 Å². The number of nitrogens with zero attached hydrogens (tertiary/aromatic N) is 1. The molecule has 0 unspecified atom stereocenters. The van der Waals surface area contributed by atoms with Crippen LogP contribution in [0.25, 0.3) is 0 Å². The van der Waals surface area contributed by atoms with Crippen LogP contribution in [0.4, 0.5) is 0 Å². The summed E-state index contributed by atoms with van der Waals surface area (Å²) in [6.07, 6.45) is 5.25. The smallest absolute Gasteiger partial charge is 0.230 e. The Kier molecular flexibility index (Phi) is 6.09. The third-order valence-electron chi connectivity index (χ3n) is 5.84. The van der Waals surface area contributed by atoms with Crippen LogP contribution >= 0.6 is 15.9 Å².